The molecule has 1 N–H and O–H groups in total. The first-order valence-electron chi connectivity index (χ1n) is 8.43. The Kier molecular flexibility index (Phi) is 4.02. The highest BCUT2D eigenvalue weighted by Crippen LogP contribution is 2.26. The van der Waals surface area contributed by atoms with Gasteiger partial charge in [-0.05, 0) is 43.6 Å². The van der Waals surface area contributed by atoms with E-state index in [0.29, 0.717) is 11.8 Å². The summed E-state index contributed by atoms with van der Waals surface area (Å²) in [5.41, 5.74) is 3.59. The Balaban J connectivity index is 1.71. The smallest absolute Gasteiger partial charge is 0.254 e. The molecule has 0 saturated carbocycles. The van der Waals surface area contributed by atoms with E-state index in [4.69, 9.17) is 12.2 Å². The molecule has 0 saturated heterocycles. The average Bonchev–Trinajstić information content (AvgIpc) is 3.12. The highest BCUT2D eigenvalue weighted by atomic mass is 32.1. The van der Waals surface area contributed by atoms with E-state index in [0.717, 1.165) is 42.2 Å². The van der Waals surface area contributed by atoms with E-state index in [1.807, 2.05) is 27.3 Å². The summed E-state index contributed by atoms with van der Waals surface area (Å²) in [5, 5.41) is 6.91. The van der Waals surface area contributed by atoms with E-state index < -0.39 is 0 Å². The summed E-state index contributed by atoms with van der Waals surface area (Å²) < 4.78 is 4.68. The second-order valence-electron chi connectivity index (χ2n) is 6.53. The van der Waals surface area contributed by atoms with E-state index in [1.54, 1.807) is 4.88 Å². The predicted octanol–water partition coefficient (Wildman–Crippen LogP) is 2.49. The van der Waals surface area contributed by atoms with Crippen molar-refractivity contribution >= 4 is 29.3 Å². The van der Waals surface area contributed by atoms with Crippen LogP contribution < -0.4 is 4.90 Å². The molecule has 0 spiro atoms. The minimum atomic E-state index is 0.530. The summed E-state index contributed by atoms with van der Waals surface area (Å²) in [6.07, 6.45) is 2.28. The second kappa shape index (κ2) is 6.06. The summed E-state index contributed by atoms with van der Waals surface area (Å²) in [5.74, 6) is 0.707. The van der Waals surface area contributed by atoms with Crippen molar-refractivity contribution in [1.29, 1.82) is 0 Å². The van der Waals surface area contributed by atoms with Crippen LogP contribution in [0.5, 0.6) is 0 Å². The standard InChI is InChI=1S/C17H21N5S2/c1-4-14-13-6-8-24-15(13)5-7-20(14)10-21-17(23)22-12(3)9-11(2)18-16(22)19-21/h6,8-9,14H,4-5,7,10H2,1-3H3/p+1/t14-/m0/s1. The van der Waals surface area contributed by atoms with Gasteiger partial charge < -0.3 is 4.90 Å². The number of nitrogens with zero attached hydrogens (tertiary/aromatic N) is 4. The molecule has 4 heterocycles. The first kappa shape index (κ1) is 15.9. The summed E-state index contributed by atoms with van der Waals surface area (Å²) in [7, 11) is 0. The Hall–Kier alpha value is -1.57. The first-order chi connectivity index (χ1) is 11.6. The molecular formula is C17H22N5S2+. The lowest BCUT2D eigenvalue weighted by Crippen LogP contribution is -3.12. The molecule has 4 rings (SSSR count). The number of thiophene rings is 1. The number of rotatable bonds is 3. The number of fused-ring (bicyclic) bond motifs is 2. The van der Waals surface area contributed by atoms with Gasteiger partial charge in [-0.1, -0.05) is 6.92 Å². The Morgan fingerprint density at radius 2 is 2.25 bits per heavy atom. The molecule has 0 aliphatic carbocycles. The van der Waals surface area contributed by atoms with Gasteiger partial charge in [-0.2, -0.15) is 4.68 Å². The van der Waals surface area contributed by atoms with Gasteiger partial charge in [-0.3, -0.25) is 4.40 Å². The van der Waals surface area contributed by atoms with Gasteiger partial charge >= 0.3 is 0 Å². The highest BCUT2D eigenvalue weighted by molar-refractivity contribution is 7.71. The minimum Gasteiger partial charge on any atom is -0.310 e. The van der Waals surface area contributed by atoms with E-state index in [1.165, 1.54) is 10.5 Å². The molecule has 126 valence electrons. The quantitative estimate of drug-likeness (QED) is 0.730. The van der Waals surface area contributed by atoms with Crippen molar-refractivity contribution < 1.29 is 4.90 Å². The molecule has 2 atom stereocenters. The monoisotopic (exact) mass is 360 g/mol. The van der Waals surface area contributed by atoms with Crippen LogP contribution in [0.15, 0.2) is 17.5 Å². The lowest BCUT2D eigenvalue weighted by Gasteiger charge is -2.31. The molecule has 0 fully saturated rings. The lowest BCUT2D eigenvalue weighted by atomic mass is 9.98. The first-order valence-corrected chi connectivity index (χ1v) is 9.72. The van der Waals surface area contributed by atoms with Crippen LogP contribution in [-0.2, 0) is 13.1 Å². The van der Waals surface area contributed by atoms with Crippen LogP contribution in [0.2, 0.25) is 0 Å². The molecule has 1 aliphatic heterocycles. The van der Waals surface area contributed by atoms with Crippen molar-refractivity contribution in [2.45, 2.75) is 46.3 Å². The number of hydrogen-bond acceptors (Lipinski definition) is 4. The molecule has 7 heteroatoms. The zero-order valence-electron chi connectivity index (χ0n) is 14.2. The third-order valence-electron chi connectivity index (χ3n) is 4.95. The molecule has 24 heavy (non-hydrogen) atoms. The predicted molar refractivity (Wildman–Crippen MR) is 98.2 cm³/mol. The third kappa shape index (κ3) is 2.51. The Labute approximate surface area is 150 Å². The molecule has 0 radical (unpaired) electrons. The largest absolute Gasteiger partial charge is 0.310 e. The highest BCUT2D eigenvalue weighted by Gasteiger charge is 2.31. The topological polar surface area (TPSA) is 39.6 Å². The lowest BCUT2D eigenvalue weighted by molar-refractivity contribution is -0.956. The van der Waals surface area contributed by atoms with Gasteiger partial charge in [0, 0.05) is 34.7 Å². The van der Waals surface area contributed by atoms with E-state index >= 15 is 0 Å². The average molecular weight is 361 g/mol. The van der Waals surface area contributed by atoms with Gasteiger partial charge in [-0.25, -0.2) is 4.98 Å². The van der Waals surface area contributed by atoms with Crippen molar-refractivity contribution in [3.8, 4) is 0 Å². The van der Waals surface area contributed by atoms with Crippen molar-refractivity contribution in [1.82, 2.24) is 19.2 Å². The normalized spacial score (nSPS) is 20.5. The Morgan fingerprint density at radius 3 is 3.04 bits per heavy atom. The van der Waals surface area contributed by atoms with Gasteiger partial charge in [0.25, 0.3) is 5.78 Å². The molecule has 1 aliphatic rings. The van der Waals surface area contributed by atoms with Crippen molar-refractivity contribution in [3.05, 3.63) is 44.1 Å². The van der Waals surface area contributed by atoms with Gasteiger partial charge in [0.05, 0.1) is 6.54 Å². The Bertz CT molecular complexity index is 952. The van der Waals surface area contributed by atoms with Crippen molar-refractivity contribution in [2.24, 2.45) is 0 Å². The van der Waals surface area contributed by atoms with Gasteiger partial charge in [0.2, 0.25) is 4.77 Å². The van der Waals surface area contributed by atoms with Crippen molar-refractivity contribution in [3.63, 3.8) is 0 Å². The maximum Gasteiger partial charge on any atom is 0.254 e. The van der Waals surface area contributed by atoms with E-state index in [2.05, 4.69) is 41.4 Å². The number of aryl methyl sites for hydroxylation is 2. The second-order valence-corrected chi connectivity index (χ2v) is 7.90. The fourth-order valence-corrected chi connectivity index (χ4v) is 5.14. The van der Waals surface area contributed by atoms with Crippen LogP contribution in [0.25, 0.3) is 5.78 Å². The van der Waals surface area contributed by atoms with Crippen LogP contribution >= 0.6 is 23.6 Å². The molecule has 0 aromatic carbocycles. The van der Waals surface area contributed by atoms with Gasteiger partial charge in [-0.15, -0.1) is 16.4 Å². The van der Waals surface area contributed by atoms with Crippen LogP contribution in [0, 0.1) is 18.6 Å². The molecule has 5 nitrogen and oxygen atoms in total. The number of quaternary nitrogens is 1. The SMILES string of the molecule is CC[C@H]1c2ccsc2CC[NH+]1Cn1nc2nc(C)cc(C)n2c1=S. The van der Waals surface area contributed by atoms with Crippen LogP contribution in [0.3, 0.4) is 0 Å². The molecule has 1 unspecified atom stereocenters. The molecule has 3 aromatic rings. The van der Waals surface area contributed by atoms with E-state index in [9.17, 15) is 0 Å². The number of nitrogens with one attached hydrogen (secondary N) is 1. The maximum atomic E-state index is 5.67. The van der Waals surface area contributed by atoms with E-state index in [-0.39, 0.29) is 0 Å². The summed E-state index contributed by atoms with van der Waals surface area (Å²) in [4.78, 5) is 7.63. The summed E-state index contributed by atoms with van der Waals surface area (Å²) in [6.45, 7) is 8.26. The molecule has 0 amide bonds. The zero-order chi connectivity index (χ0) is 16.8. The van der Waals surface area contributed by atoms with Crippen LogP contribution in [0.4, 0.5) is 0 Å². The minimum absolute atomic E-state index is 0.530. The number of hydrogen-bond donors (Lipinski definition) is 1. The van der Waals surface area contributed by atoms with Gasteiger partial charge in [0.1, 0.15) is 6.04 Å². The fourth-order valence-electron chi connectivity index (χ4n) is 3.86. The zero-order valence-corrected chi connectivity index (χ0v) is 15.9. The third-order valence-corrected chi connectivity index (χ3v) is 6.34. The number of aromatic nitrogens is 4. The van der Waals surface area contributed by atoms with Crippen molar-refractivity contribution in [2.75, 3.05) is 6.54 Å². The maximum absolute atomic E-state index is 5.67. The molecule has 3 aromatic heterocycles. The molecular weight excluding hydrogens is 338 g/mol. The van der Waals surface area contributed by atoms with Crippen LogP contribution in [0.1, 0.15) is 41.2 Å². The van der Waals surface area contributed by atoms with Crippen LogP contribution in [-0.4, -0.2) is 25.7 Å². The fraction of sp³-hybridized carbons (Fsp3) is 0.471. The summed E-state index contributed by atoms with van der Waals surface area (Å²) in [6, 6.07) is 4.88. The summed E-state index contributed by atoms with van der Waals surface area (Å²) >= 11 is 7.57. The molecule has 0 bridgehead atoms. The van der Waals surface area contributed by atoms with Gasteiger partial charge in [0.15, 0.2) is 6.67 Å². The Morgan fingerprint density at radius 1 is 1.42 bits per heavy atom.